The third-order valence-electron chi connectivity index (χ3n) is 5.76. The molecule has 1 saturated carbocycles. The Morgan fingerprint density at radius 1 is 1.26 bits per heavy atom. The molecule has 2 aliphatic rings. The van der Waals surface area contributed by atoms with E-state index in [9.17, 15) is 4.79 Å². The van der Waals surface area contributed by atoms with Gasteiger partial charge in [0.1, 0.15) is 11.6 Å². The van der Waals surface area contributed by atoms with Gasteiger partial charge in [-0.1, -0.05) is 23.7 Å². The van der Waals surface area contributed by atoms with Gasteiger partial charge in [0.25, 0.3) is 0 Å². The van der Waals surface area contributed by atoms with Crippen molar-refractivity contribution in [1.29, 1.82) is 0 Å². The molecule has 6 nitrogen and oxygen atoms in total. The largest absolute Gasteiger partial charge is 0.356 e. The second-order valence-electron chi connectivity index (χ2n) is 7.46. The number of nitrogens with one attached hydrogen (secondary N) is 1. The summed E-state index contributed by atoms with van der Waals surface area (Å²) in [7, 11) is 2.00. The number of aryl methyl sites for hydroxylation is 1. The van der Waals surface area contributed by atoms with Gasteiger partial charge in [-0.25, -0.2) is 9.97 Å². The molecule has 3 heterocycles. The number of aromatic nitrogens is 3. The van der Waals surface area contributed by atoms with Crippen molar-refractivity contribution in [2.24, 2.45) is 18.9 Å². The molecule has 3 aromatic rings. The van der Waals surface area contributed by atoms with Gasteiger partial charge in [0.2, 0.25) is 5.91 Å². The summed E-state index contributed by atoms with van der Waals surface area (Å²) in [5, 5.41) is 3.63. The first-order valence-corrected chi connectivity index (χ1v) is 9.50. The second kappa shape index (κ2) is 5.96. The Hall–Kier alpha value is -2.60. The summed E-state index contributed by atoms with van der Waals surface area (Å²) in [5.74, 6) is 2.84. The minimum atomic E-state index is 0.0507. The zero-order chi connectivity index (χ0) is 18.7. The number of hydrogen-bond acceptors (Lipinski definition) is 4. The quantitative estimate of drug-likeness (QED) is 0.757. The molecular formula is C20H20ClN5O. The van der Waals surface area contributed by atoms with E-state index in [-0.39, 0.29) is 5.91 Å². The molecule has 1 aromatic carbocycles. The SMILES string of the molecule is CC(=O)N[C@H]1[C@@H]2CN(c3cc(-c4nc5ccccc5n4C)c(Cl)cn3)C[C@@H]21. The maximum atomic E-state index is 11.3. The minimum absolute atomic E-state index is 0.0507. The van der Waals surface area contributed by atoms with Crippen molar-refractivity contribution in [3.05, 3.63) is 41.6 Å². The predicted molar refractivity (Wildman–Crippen MR) is 106 cm³/mol. The topological polar surface area (TPSA) is 63.1 Å². The van der Waals surface area contributed by atoms with E-state index < -0.39 is 0 Å². The van der Waals surface area contributed by atoms with Crippen LogP contribution in [0.15, 0.2) is 36.5 Å². The second-order valence-corrected chi connectivity index (χ2v) is 7.87. The van der Waals surface area contributed by atoms with Crippen LogP contribution >= 0.6 is 11.6 Å². The number of rotatable bonds is 3. The number of fused-ring (bicyclic) bond motifs is 2. The molecule has 138 valence electrons. The van der Waals surface area contributed by atoms with E-state index in [0.717, 1.165) is 41.3 Å². The number of para-hydroxylation sites is 2. The Morgan fingerprint density at radius 3 is 2.70 bits per heavy atom. The summed E-state index contributed by atoms with van der Waals surface area (Å²) >= 11 is 6.47. The molecule has 7 heteroatoms. The first kappa shape index (κ1) is 16.6. The van der Waals surface area contributed by atoms with E-state index >= 15 is 0 Å². The fraction of sp³-hybridized carbons (Fsp3) is 0.350. The van der Waals surface area contributed by atoms with Gasteiger partial charge in [0.15, 0.2) is 0 Å². The summed E-state index contributed by atoms with van der Waals surface area (Å²) < 4.78 is 2.06. The highest BCUT2D eigenvalue weighted by molar-refractivity contribution is 6.33. The molecule has 2 aromatic heterocycles. The first-order chi connectivity index (χ1) is 13.0. The smallest absolute Gasteiger partial charge is 0.217 e. The normalized spacial score (nSPS) is 23.5. The fourth-order valence-corrected chi connectivity index (χ4v) is 4.51. The number of pyridine rings is 1. The van der Waals surface area contributed by atoms with E-state index in [1.54, 1.807) is 13.1 Å². The number of piperidine rings is 1. The number of carbonyl (C=O) groups excluding carboxylic acids is 1. The molecule has 0 spiro atoms. The Bertz CT molecular complexity index is 1050. The standard InChI is InChI=1S/C20H20ClN5O/c1-11(27)23-19-13-9-26(10-14(13)19)18-7-12(15(21)8-22-18)20-24-16-5-3-4-6-17(16)25(20)2/h3-8,13-14,19H,9-10H2,1-2H3,(H,23,27)/t13-,14+,19+. The van der Waals surface area contributed by atoms with Crippen molar-refractivity contribution < 1.29 is 4.79 Å². The van der Waals surface area contributed by atoms with E-state index in [4.69, 9.17) is 16.6 Å². The summed E-state index contributed by atoms with van der Waals surface area (Å²) in [5.41, 5.74) is 2.91. The highest BCUT2D eigenvalue weighted by Gasteiger charge is 2.56. The molecule has 2 fully saturated rings. The van der Waals surface area contributed by atoms with E-state index in [0.29, 0.717) is 22.9 Å². The van der Waals surface area contributed by atoms with Crippen LogP contribution in [-0.2, 0) is 11.8 Å². The Kier molecular flexibility index (Phi) is 3.65. The lowest BCUT2D eigenvalue weighted by Gasteiger charge is -2.22. The lowest BCUT2D eigenvalue weighted by atomic mass is 10.2. The number of amides is 1. The van der Waals surface area contributed by atoms with Gasteiger partial charge in [-0.15, -0.1) is 0 Å². The zero-order valence-electron chi connectivity index (χ0n) is 15.2. The monoisotopic (exact) mass is 381 g/mol. The average molecular weight is 382 g/mol. The molecule has 0 radical (unpaired) electrons. The molecule has 1 saturated heterocycles. The zero-order valence-corrected chi connectivity index (χ0v) is 15.9. The van der Waals surface area contributed by atoms with Gasteiger partial charge >= 0.3 is 0 Å². The van der Waals surface area contributed by atoms with Crippen molar-refractivity contribution in [1.82, 2.24) is 19.9 Å². The number of nitrogens with zero attached hydrogens (tertiary/aromatic N) is 4. The highest BCUT2D eigenvalue weighted by Crippen LogP contribution is 2.47. The van der Waals surface area contributed by atoms with Crippen LogP contribution in [0.5, 0.6) is 0 Å². The van der Waals surface area contributed by atoms with Crippen LogP contribution in [0.2, 0.25) is 5.02 Å². The summed E-state index contributed by atoms with van der Waals surface area (Å²) in [6.07, 6.45) is 1.71. The van der Waals surface area contributed by atoms with Gasteiger partial charge in [-0.2, -0.15) is 0 Å². The lowest BCUT2D eigenvalue weighted by Crippen LogP contribution is -2.33. The summed E-state index contributed by atoms with van der Waals surface area (Å²) in [6, 6.07) is 10.4. The summed E-state index contributed by atoms with van der Waals surface area (Å²) in [4.78, 5) is 22.8. The molecule has 5 rings (SSSR count). The molecule has 0 bridgehead atoms. The predicted octanol–water partition coefficient (Wildman–Crippen LogP) is 2.86. The maximum absolute atomic E-state index is 11.3. The average Bonchev–Trinajstić information content (AvgIpc) is 2.99. The Morgan fingerprint density at radius 2 is 2.00 bits per heavy atom. The Labute approximate surface area is 162 Å². The molecular weight excluding hydrogens is 362 g/mol. The van der Waals surface area contributed by atoms with Gasteiger partial charge in [0.05, 0.1) is 16.1 Å². The first-order valence-electron chi connectivity index (χ1n) is 9.12. The van der Waals surface area contributed by atoms with Crippen LogP contribution in [0.3, 0.4) is 0 Å². The van der Waals surface area contributed by atoms with Gasteiger partial charge in [-0.3, -0.25) is 4.79 Å². The number of halogens is 1. The minimum Gasteiger partial charge on any atom is -0.356 e. The van der Waals surface area contributed by atoms with Crippen LogP contribution in [0.4, 0.5) is 5.82 Å². The molecule has 1 aliphatic heterocycles. The van der Waals surface area contributed by atoms with Crippen molar-refractivity contribution >= 4 is 34.4 Å². The van der Waals surface area contributed by atoms with Crippen LogP contribution in [-0.4, -0.2) is 39.6 Å². The van der Waals surface area contributed by atoms with Crippen LogP contribution in [0, 0.1) is 11.8 Å². The molecule has 1 amide bonds. The van der Waals surface area contributed by atoms with Gasteiger partial charge < -0.3 is 14.8 Å². The van der Waals surface area contributed by atoms with E-state index in [2.05, 4.69) is 25.8 Å². The maximum Gasteiger partial charge on any atom is 0.217 e. The van der Waals surface area contributed by atoms with E-state index in [1.807, 2.05) is 31.3 Å². The molecule has 27 heavy (non-hydrogen) atoms. The molecule has 1 N–H and O–H groups in total. The van der Waals surface area contributed by atoms with Crippen LogP contribution < -0.4 is 10.2 Å². The van der Waals surface area contributed by atoms with Gasteiger partial charge in [0, 0.05) is 56.7 Å². The number of imidazole rings is 1. The number of carbonyl (C=O) groups is 1. The number of anilines is 1. The van der Waals surface area contributed by atoms with Crippen molar-refractivity contribution in [2.45, 2.75) is 13.0 Å². The highest BCUT2D eigenvalue weighted by atomic mass is 35.5. The van der Waals surface area contributed by atoms with Crippen molar-refractivity contribution in [3.8, 4) is 11.4 Å². The summed E-state index contributed by atoms with van der Waals surface area (Å²) in [6.45, 7) is 3.40. The number of benzene rings is 1. The van der Waals surface area contributed by atoms with E-state index in [1.165, 1.54) is 0 Å². The fourth-order valence-electron chi connectivity index (χ4n) is 4.32. The van der Waals surface area contributed by atoms with Crippen molar-refractivity contribution in [2.75, 3.05) is 18.0 Å². The number of hydrogen-bond donors (Lipinski definition) is 1. The Balaban J connectivity index is 1.44. The molecule has 3 atom stereocenters. The van der Waals surface area contributed by atoms with Crippen LogP contribution in [0.25, 0.3) is 22.4 Å². The molecule has 0 unspecified atom stereocenters. The van der Waals surface area contributed by atoms with Crippen molar-refractivity contribution in [3.63, 3.8) is 0 Å². The van der Waals surface area contributed by atoms with Gasteiger partial charge in [-0.05, 0) is 18.2 Å². The lowest BCUT2D eigenvalue weighted by molar-refractivity contribution is -0.119. The third-order valence-corrected chi connectivity index (χ3v) is 6.06. The third kappa shape index (κ3) is 2.67. The van der Waals surface area contributed by atoms with Crippen LogP contribution in [0.1, 0.15) is 6.92 Å². The molecule has 1 aliphatic carbocycles.